The van der Waals surface area contributed by atoms with Crippen LogP contribution in [0.3, 0.4) is 0 Å². The summed E-state index contributed by atoms with van der Waals surface area (Å²) in [6, 6.07) is 0. The van der Waals surface area contributed by atoms with Crippen LogP contribution in [0.1, 0.15) is 50.4 Å². The van der Waals surface area contributed by atoms with Crippen LogP contribution in [0.5, 0.6) is 0 Å². The van der Waals surface area contributed by atoms with Gasteiger partial charge in [-0.25, -0.2) is 9.97 Å². The Kier molecular flexibility index (Phi) is 5.36. The molecule has 1 aliphatic carbocycles. The third kappa shape index (κ3) is 4.31. The van der Waals surface area contributed by atoms with Gasteiger partial charge in [-0.1, -0.05) is 6.92 Å². The second kappa shape index (κ2) is 7.24. The lowest BCUT2D eigenvalue weighted by Gasteiger charge is -2.14. The van der Waals surface area contributed by atoms with E-state index in [-0.39, 0.29) is 12.5 Å². The summed E-state index contributed by atoms with van der Waals surface area (Å²) >= 11 is 0. The molecule has 1 heterocycles. The van der Waals surface area contributed by atoms with Crippen molar-refractivity contribution in [3.05, 3.63) is 11.4 Å². The van der Waals surface area contributed by atoms with Gasteiger partial charge in [0.05, 0.1) is 6.54 Å². The van der Waals surface area contributed by atoms with Crippen LogP contribution in [0, 0.1) is 6.92 Å². The third-order valence-corrected chi connectivity index (χ3v) is 3.44. The molecule has 0 spiro atoms. The molecule has 1 aliphatic rings. The SMILES string of the molecule is CCCNc1nc(C2CC2)nc(NCC(=O)NCC)c1C. The van der Waals surface area contributed by atoms with Crippen LogP contribution in [-0.2, 0) is 4.79 Å². The first-order valence-electron chi connectivity index (χ1n) is 7.78. The summed E-state index contributed by atoms with van der Waals surface area (Å²) in [5, 5.41) is 9.25. The number of carbonyl (C=O) groups excluding carboxylic acids is 1. The molecule has 0 aromatic carbocycles. The highest BCUT2D eigenvalue weighted by molar-refractivity contribution is 5.80. The topological polar surface area (TPSA) is 78.9 Å². The maximum absolute atomic E-state index is 11.6. The summed E-state index contributed by atoms with van der Waals surface area (Å²) in [6.45, 7) is 7.78. The number of rotatable bonds is 8. The predicted octanol–water partition coefficient (Wildman–Crippen LogP) is 2.03. The van der Waals surface area contributed by atoms with Crippen molar-refractivity contribution in [3.63, 3.8) is 0 Å². The van der Waals surface area contributed by atoms with Gasteiger partial charge in [-0.3, -0.25) is 4.79 Å². The molecule has 1 amide bonds. The van der Waals surface area contributed by atoms with Crippen molar-refractivity contribution < 1.29 is 4.79 Å². The van der Waals surface area contributed by atoms with Crippen molar-refractivity contribution >= 4 is 17.5 Å². The summed E-state index contributed by atoms with van der Waals surface area (Å²) < 4.78 is 0. The van der Waals surface area contributed by atoms with Crippen LogP contribution in [0.15, 0.2) is 0 Å². The maximum atomic E-state index is 11.6. The van der Waals surface area contributed by atoms with Gasteiger partial charge in [-0.2, -0.15) is 0 Å². The maximum Gasteiger partial charge on any atom is 0.239 e. The van der Waals surface area contributed by atoms with E-state index in [0.717, 1.165) is 48.8 Å². The van der Waals surface area contributed by atoms with Crippen molar-refractivity contribution in [1.29, 1.82) is 0 Å². The molecule has 1 aromatic rings. The van der Waals surface area contributed by atoms with Crippen molar-refractivity contribution in [2.45, 2.75) is 46.0 Å². The average molecular weight is 291 g/mol. The molecule has 1 saturated carbocycles. The van der Waals surface area contributed by atoms with Crippen molar-refractivity contribution in [2.24, 2.45) is 0 Å². The summed E-state index contributed by atoms with van der Waals surface area (Å²) in [6.07, 6.45) is 3.36. The largest absolute Gasteiger partial charge is 0.370 e. The van der Waals surface area contributed by atoms with Crippen LogP contribution in [0.2, 0.25) is 0 Å². The highest BCUT2D eigenvalue weighted by Crippen LogP contribution is 2.39. The number of carbonyl (C=O) groups is 1. The molecule has 1 aromatic heterocycles. The van der Waals surface area contributed by atoms with Crippen molar-refractivity contribution in [3.8, 4) is 0 Å². The van der Waals surface area contributed by atoms with Crippen LogP contribution in [-0.4, -0.2) is 35.5 Å². The lowest BCUT2D eigenvalue weighted by Crippen LogP contribution is -2.30. The Morgan fingerprint density at radius 1 is 1.19 bits per heavy atom. The second-order valence-corrected chi connectivity index (χ2v) is 5.41. The number of hydrogen-bond acceptors (Lipinski definition) is 5. The molecular weight excluding hydrogens is 266 g/mol. The fourth-order valence-corrected chi connectivity index (χ4v) is 2.07. The first kappa shape index (κ1) is 15.5. The first-order chi connectivity index (χ1) is 10.2. The van der Waals surface area contributed by atoms with E-state index in [9.17, 15) is 4.79 Å². The number of likely N-dealkylation sites (N-methyl/N-ethyl adjacent to an activating group) is 1. The van der Waals surface area contributed by atoms with Crippen molar-refractivity contribution in [2.75, 3.05) is 30.3 Å². The molecule has 0 atom stereocenters. The first-order valence-corrected chi connectivity index (χ1v) is 7.78. The number of anilines is 2. The van der Waals surface area contributed by atoms with E-state index in [1.54, 1.807) is 0 Å². The Labute approximate surface area is 126 Å². The molecule has 3 N–H and O–H groups in total. The Morgan fingerprint density at radius 3 is 2.43 bits per heavy atom. The van der Waals surface area contributed by atoms with E-state index < -0.39 is 0 Å². The highest BCUT2D eigenvalue weighted by atomic mass is 16.1. The van der Waals surface area contributed by atoms with E-state index >= 15 is 0 Å². The van der Waals surface area contributed by atoms with E-state index in [1.165, 1.54) is 0 Å². The molecule has 2 rings (SSSR count). The van der Waals surface area contributed by atoms with Crippen LogP contribution in [0.4, 0.5) is 11.6 Å². The summed E-state index contributed by atoms with van der Waals surface area (Å²) in [5.41, 5.74) is 0.970. The lowest BCUT2D eigenvalue weighted by molar-refractivity contribution is -0.119. The molecule has 6 heteroatoms. The van der Waals surface area contributed by atoms with Gasteiger partial charge >= 0.3 is 0 Å². The second-order valence-electron chi connectivity index (χ2n) is 5.41. The third-order valence-electron chi connectivity index (χ3n) is 3.44. The minimum atomic E-state index is -0.0217. The summed E-state index contributed by atoms with van der Waals surface area (Å²) in [5.74, 6) is 2.99. The minimum Gasteiger partial charge on any atom is -0.370 e. The van der Waals surface area contributed by atoms with Crippen LogP contribution >= 0.6 is 0 Å². The van der Waals surface area contributed by atoms with Gasteiger partial charge in [-0.15, -0.1) is 0 Å². The normalized spacial score (nSPS) is 13.9. The summed E-state index contributed by atoms with van der Waals surface area (Å²) in [4.78, 5) is 20.8. The fourth-order valence-electron chi connectivity index (χ4n) is 2.07. The Hall–Kier alpha value is -1.85. The monoisotopic (exact) mass is 291 g/mol. The molecule has 0 aliphatic heterocycles. The number of aromatic nitrogens is 2. The smallest absolute Gasteiger partial charge is 0.239 e. The Balaban J connectivity index is 2.13. The van der Waals surface area contributed by atoms with Gasteiger partial charge in [0, 0.05) is 24.6 Å². The predicted molar refractivity (Wildman–Crippen MR) is 84.7 cm³/mol. The van der Waals surface area contributed by atoms with E-state index in [4.69, 9.17) is 0 Å². The van der Waals surface area contributed by atoms with E-state index in [0.29, 0.717) is 12.5 Å². The molecular formula is C15H25N5O. The van der Waals surface area contributed by atoms with Gasteiger partial charge in [-0.05, 0) is 33.1 Å². The van der Waals surface area contributed by atoms with Gasteiger partial charge in [0.15, 0.2) is 0 Å². The molecule has 0 bridgehead atoms. The molecule has 0 saturated heterocycles. The van der Waals surface area contributed by atoms with E-state index in [2.05, 4.69) is 32.8 Å². The molecule has 6 nitrogen and oxygen atoms in total. The highest BCUT2D eigenvalue weighted by Gasteiger charge is 2.28. The number of nitrogens with zero attached hydrogens (tertiary/aromatic N) is 2. The number of nitrogens with one attached hydrogen (secondary N) is 3. The molecule has 0 radical (unpaired) electrons. The average Bonchev–Trinajstić information content (AvgIpc) is 3.30. The van der Waals surface area contributed by atoms with Gasteiger partial charge in [0.1, 0.15) is 17.5 Å². The van der Waals surface area contributed by atoms with Gasteiger partial charge < -0.3 is 16.0 Å². The summed E-state index contributed by atoms with van der Waals surface area (Å²) in [7, 11) is 0. The van der Waals surface area contributed by atoms with Gasteiger partial charge in [0.2, 0.25) is 5.91 Å². The molecule has 116 valence electrons. The minimum absolute atomic E-state index is 0.0217. The molecule has 1 fully saturated rings. The number of amides is 1. The van der Waals surface area contributed by atoms with Gasteiger partial charge in [0.25, 0.3) is 0 Å². The van der Waals surface area contributed by atoms with Crippen LogP contribution in [0.25, 0.3) is 0 Å². The number of hydrogen-bond donors (Lipinski definition) is 3. The van der Waals surface area contributed by atoms with Crippen LogP contribution < -0.4 is 16.0 Å². The standard InChI is InChI=1S/C15H25N5O/c1-4-8-17-13-10(3)14(18-9-12(21)16-5-2)20-15(19-13)11-6-7-11/h11H,4-9H2,1-3H3,(H,16,21)(H2,17,18,19,20). The zero-order valence-corrected chi connectivity index (χ0v) is 13.1. The quantitative estimate of drug-likeness (QED) is 0.683. The van der Waals surface area contributed by atoms with Crippen molar-refractivity contribution in [1.82, 2.24) is 15.3 Å². The lowest BCUT2D eigenvalue weighted by atomic mass is 10.2. The molecule has 0 unspecified atom stereocenters. The zero-order valence-electron chi connectivity index (χ0n) is 13.1. The fraction of sp³-hybridized carbons (Fsp3) is 0.667. The Morgan fingerprint density at radius 2 is 1.86 bits per heavy atom. The van der Waals surface area contributed by atoms with E-state index in [1.807, 2.05) is 13.8 Å². The zero-order chi connectivity index (χ0) is 15.2. The molecule has 21 heavy (non-hydrogen) atoms. The Bertz CT molecular complexity index is 499.